The van der Waals surface area contributed by atoms with Crippen molar-refractivity contribution in [2.24, 2.45) is 0 Å². The Hall–Kier alpha value is -5.36. The minimum atomic E-state index is -0.144. The molecule has 11 rings (SSSR count). The predicted molar refractivity (Wildman–Crippen MR) is 200 cm³/mol. The fourth-order valence-corrected chi connectivity index (χ4v) is 10.0. The highest BCUT2D eigenvalue weighted by Crippen LogP contribution is 2.56. The van der Waals surface area contributed by atoms with Crippen LogP contribution in [-0.4, -0.2) is 19.9 Å². The highest BCUT2D eigenvalue weighted by molar-refractivity contribution is 7.00. The highest BCUT2D eigenvalue weighted by Gasteiger charge is 2.48. The first-order valence-corrected chi connectivity index (χ1v) is 16.9. The fourth-order valence-electron chi connectivity index (χ4n) is 10.0. The van der Waals surface area contributed by atoms with Crippen LogP contribution in [0.4, 0.5) is 0 Å². The Morgan fingerprint density at radius 1 is 0.542 bits per heavy atom. The molecule has 0 radical (unpaired) electrons. The molecule has 5 heterocycles. The van der Waals surface area contributed by atoms with Crippen LogP contribution < -0.4 is 27.5 Å². The summed E-state index contributed by atoms with van der Waals surface area (Å²) >= 11 is 0. The van der Waals surface area contributed by atoms with Crippen LogP contribution in [0.3, 0.4) is 0 Å². The number of rotatable bonds is 1. The van der Waals surface area contributed by atoms with E-state index in [1.807, 2.05) is 27.0 Å². The summed E-state index contributed by atoms with van der Waals surface area (Å²) in [6.07, 6.45) is 0. The van der Waals surface area contributed by atoms with Crippen LogP contribution in [0.15, 0.2) is 94.5 Å². The quantitative estimate of drug-likeness (QED) is 0.124. The van der Waals surface area contributed by atoms with Crippen molar-refractivity contribution in [3.63, 3.8) is 0 Å². The zero-order valence-electron chi connectivity index (χ0n) is 27.8. The predicted octanol–water partition coefficient (Wildman–Crippen LogP) is 6.23. The molecular weight excluding hydrogens is 589 g/mol. The standard InChI is InChI=1S/C42H32BN3O2/c1-21-11-9-12-22(2)34(21)43-28-15-10-14-25-36(28)46-38-32(37(25)47)24-17-18-26-33-27(42(5,6)41(26,3)4)19-20-30(31(24)33)45(38)40(48)44-29-16-8-7-13-23(29)35(43)39(44)46/h7-20H,1-6H3. The summed E-state index contributed by atoms with van der Waals surface area (Å²) in [4.78, 5) is 30.4. The van der Waals surface area contributed by atoms with E-state index >= 15 is 9.59 Å². The van der Waals surface area contributed by atoms with Crippen LogP contribution in [0, 0.1) is 13.8 Å². The molecule has 6 heteroatoms. The van der Waals surface area contributed by atoms with Crippen LogP contribution in [0.25, 0.3) is 60.2 Å². The number of hydrogen-bond donors (Lipinski definition) is 0. The van der Waals surface area contributed by atoms with E-state index in [2.05, 4.69) is 113 Å². The van der Waals surface area contributed by atoms with Gasteiger partial charge in [-0.2, -0.15) is 0 Å². The van der Waals surface area contributed by atoms with Crippen molar-refractivity contribution in [1.82, 2.24) is 13.2 Å². The largest absolute Gasteiger partial charge is 0.340 e. The first-order valence-electron chi connectivity index (χ1n) is 16.9. The summed E-state index contributed by atoms with van der Waals surface area (Å²) < 4.78 is 6.03. The molecule has 0 bridgehead atoms. The van der Waals surface area contributed by atoms with Gasteiger partial charge in [0.25, 0.3) is 0 Å². The second-order valence-corrected chi connectivity index (χ2v) is 15.3. The van der Waals surface area contributed by atoms with Gasteiger partial charge < -0.3 is 0 Å². The van der Waals surface area contributed by atoms with Crippen molar-refractivity contribution in [2.75, 3.05) is 0 Å². The molecule has 0 N–H and O–H groups in total. The van der Waals surface area contributed by atoms with Crippen molar-refractivity contribution in [1.29, 1.82) is 0 Å². The molecule has 5 aromatic carbocycles. The van der Waals surface area contributed by atoms with Crippen LogP contribution >= 0.6 is 0 Å². The van der Waals surface area contributed by atoms with Gasteiger partial charge in [-0.25, -0.2) is 13.6 Å². The zero-order valence-corrected chi connectivity index (χ0v) is 27.8. The molecule has 0 atom stereocenters. The molecule has 0 amide bonds. The second kappa shape index (κ2) is 8.02. The van der Waals surface area contributed by atoms with Crippen LogP contribution in [0.5, 0.6) is 0 Å². The topological polar surface area (TPSA) is 47.4 Å². The lowest BCUT2D eigenvalue weighted by Crippen LogP contribution is -2.57. The van der Waals surface area contributed by atoms with E-state index in [1.165, 1.54) is 33.1 Å². The van der Waals surface area contributed by atoms with Gasteiger partial charge in [0.05, 0.1) is 21.9 Å². The Bertz CT molecular complexity index is 3100. The van der Waals surface area contributed by atoms with E-state index in [0.717, 1.165) is 49.3 Å². The van der Waals surface area contributed by atoms with Gasteiger partial charge in [0, 0.05) is 10.8 Å². The molecule has 0 saturated carbocycles. The Labute approximate surface area is 276 Å². The van der Waals surface area contributed by atoms with E-state index in [1.54, 1.807) is 0 Å². The molecule has 4 aromatic heterocycles. The molecule has 1 aliphatic heterocycles. The smallest absolute Gasteiger partial charge is 0.288 e. The summed E-state index contributed by atoms with van der Waals surface area (Å²) in [6, 6.07) is 29.7. The van der Waals surface area contributed by atoms with E-state index in [-0.39, 0.29) is 28.7 Å². The maximum Gasteiger partial charge on any atom is 0.340 e. The van der Waals surface area contributed by atoms with E-state index in [9.17, 15) is 0 Å². The SMILES string of the molecule is Cc1cccc(C)c1B1c2cccc3c(=O)c4c5ccc6c7c(ccc(c75)n5c(=O)n7c8ccccc8c1c7n(c23)c45)C(C)(C)C6(C)C. The van der Waals surface area contributed by atoms with Gasteiger partial charge in [0.2, 0.25) is 6.71 Å². The fraction of sp³-hybridized carbons (Fsp3) is 0.190. The number of para-hydroxylation sites is 2. The maximum atomic E-state index is 15.3. The molecule has 0 spiro atoms. The van der Waals surface area contributed by atoms with Gasteiger partial charge in [-0.1, -0.05) is 111 Å². The molecule has 0 saturated heterocycles. The van der Waals surface area contributed by atoms with E-state index < -0.39 is 0 Å². The third-order valence-electron chi connectivity index (χ3n) is 12.9. The number of benzene rings is 5. The summed E-state index contributed by atoms with van der Waals surface area (Å²) in [5.41, 5.74) is 12.1. The van der Waals surface area contributed by atoms with Crippen molar-refractivity contribution in [2.45, 2.75) is 52.4 Å². The lowest BCUT2D eigenvalue weighted by atomic mass is 9.34. The van der Waals surface area contributed by atoms with Gasteiger partial charge in [0.1, 0.15) is 11.3 Å². The molecule has 230 valence electrons. The monoisotopic (exact) mass is 621 g/mol. The van der Waals surface area contributed by atoms with Crippen LogP contribution in [-0.2, 0) is 10.8 Å². The third-order valence-corrected chi connectivity index (χ3v) is 12.9. The number of pyridine rings is 2. The van der Waals surface area contributed by atoms with Gasteiger partial charge in [-0.15, -0.1) is 0 Å². The second-order valence-electron chi connectivity index (χ2n) is 15.3. The first-order chi connectivity index (χ1) is 23.1. The number of fused-ring (bicyclic) bond motifs is 5. The lowest BCUT2D eigenvalue weighted by Gasteiger charge is -2.37. The van der Waals surface area contributed by atoms with Gasteiger partial charge >= 0.3 is 5.69 Å². The van der Waals surface area contributed by atoms with Crippen molar-refractivity contribution in [3.8, 4) is 0 Å². The van der Waals surface area contributed by atoms with E-state index in [0.29, 0.717) is 16.4 Å². The molecule has 0 unspecified atom stereocenters. The molecule has 2 aliphatic rings. The third kappa shape index (κ3) is 2.60. The Balaban J connectivity index is 1.51. The van der Waals surface area contributed by atoms with Gasteiger partial charge in [-0.05, 0) is 81.1 Å². The minimum absolute atomic E-state index is 0.0213. The zero-order chi connectivity index (χ0) is 32.8. The maximum absolute atomic E-state index is 15.3. The van der Waals surface area contributed by atoms with Crippen LogP contribution in [0.2, 0.25) is 0 Å². The van der Waals surface area contributed by atoms with Gasteiger partial charge in [-0.3, -0.25) is 9.20 Å². The Kier molecular flexibility index (Phi) is 4.46. The molecule has 9 aromatic rings. The van der Waals surface area contributed by atoms with Crippen molar-refractivity contribution in [3.05, 3.63) is 128 Å². The first kappa shape index (κ1) is 26.7. The average molecular weight is 622 g/mol. The highest BCUT2D eigenvalue weighted by atomic mass is 16.1. The van der Waals surface area contributed by atoms with Crippen molar-refractivity contribution < 1.29 is 0 Å². The number of hydrogen-bond acceptors (Lipinski definition) is 2. The van der Waals surface area contributed by atoms with Gasteiger partial charge in [0.15, 0.2) is 5.43 Å². The average Bonchev–Trinajstić information content (AvgIpc) is 3.49. The molecule has 48 heavy (non-hydrogen) atoms. The molecular formula is C42H32BN3O2. The minimum Gasteiger partial charge on any atom is -0.288 e. The van der Waals surface area contributed by atoms with Crippen molar-refractivity contribution >= 4 is 83.3 Å². The lowest BCUT2D eigenvalue weighted by molar-refractivity contribution is 0.322. The summed E-state index contributed by atoms with van der Waals surface area (Å²) in [7, 11) is 0. The summed E-state index contributed by atoms with van der Waals surface area (Å²) in [5, 5.41) is 5.47. The number of nitrogens with zero attached hydrogens (tertiary/aromatic N) is 3. The van der Waals surface area contributed by atoms with Crippen LogP contribution in [0.1, 0.15) is 49.9 Å². The molecule has 5 nitrogen and oxygen atoms in total. The molecule has 1 aliphatic carbocycles. The summed E-state index contributed by atoms with van der Waals surface area (Å²) in [6.45, 7) is 13.4. The number of aromatic nitrogens is 3. The Morgan fingerprint density at radius 2 is 1.19 bits per heavy atom. The summed E-state index contributed by atoms with van der Waals surface area (Å²) in [5.74, 6) is 0. The molecule has 0 fully saturated rings. The number of aryl methyl sites for hydroxylation is 2. The Morgan fingerprint density at radius 3 is 1.94 bits per heavy atom. The van der Waals surface area contributed by atoms with E-state index in [4.69, 9.17) is 0 Å². The normalized spacial score (nSPS) is 16.2.